The van der Waals surface area contributed by atoms with Crippen molar-refractivity contribution in [3.8, 4) is 0 Å². The lowest BCUT2D eigenvalue weighted by Crippen LogP contribution is -2.04. The maximum atomic E-state index is 2.33. The van der Waals surface area contributed by atoms with Crippen molar-refractivity contribution in [2.45, 2.75) is 44.6 Å². The zero-order chi connectivity index (χ0) is 7.72. The zero-order valence-electron chi connectivity index (χ0n) is 7.42. The lowest BCUT2D eigenvalue weighted by molar-refractivity contribution is 0.543. The van der Waals surface area contributed by atoms with E-state index in [2.05, 4.69) is 39.5 Å². The van der Waals surface area contributed by atoms with Gasteiger partial charge in [0.2, 0.25) is 0 Å². The van der Waals surface area contributed by atoms with Gasteiger partial charge in [0, 0.05) is 10.5 Å². The maximum Gasteiger partial charge on any atom is 0.0192 e. The first-order chi connectivity index (χ1) is 4.61. The fourth-order valence-corrected chi connectivity index (χ4v) is 2.95. The Morgan fingerprint density at radius 3 is 2.10 bits per heavy atom. The molecule has 0 amide bonds. The summed E-state index contributed by atoms with van der Waals surface area (Å²) in [6.07, 6.45) is 1.42. The maximum absolute atomic E-state index is 2.33. The van der Waals surface area contributed by atoms with Gasteiger partial charge in [-0.25, -0.2) is 0 Å². The highest BCUT2D eigenvalue weighted by Gasteiger charge is 2.40. The molecule has 60 valence electrons. The summed E-state index contributed by atoms with van der Waals surface area (Å²) in [5.41, 5.74) is 0. The average Bonchev–Trinajstić information content (AvgIpc) is 2.43. The Balaban J connectivity index is 2.13. The highest BCUT2D eigenvalue weighted by molar-refractivity contribution is 8.07. The van der Waals surface area contributed by atoms with E-state index >= 15 is 0 Å². The topological polar surface area (TPSA) is 0 Å². The molecule has 0 radical (unpaired) electrons. The quantitative estimate of drug-likeness (QED) is 0.568. The van der Waals surface area contributed by atoms with Crippen molar-refractivity contribution in [3.05, 3.63) is 0 Å². The van der Waals surface area contributed by atoms with Gasteiger partial charge in [-0.05, 0) is 18.3 Å². The minimum atomic E-state index is 0.890. The van der Waals surface area contributed by atoms with Crippen molar-refractivity contribution >= 4 is 11.8 Å². The number of rotatable bonds is 3. The molecule has 0 N–H and O–H groups in total. The van der Waals surface area contributed by atoms with Crippen LogP contribution in [-0.4, -0.2) is 10.5 Å². The molecule has 0 unspecified atom stereocenters. The van der Waals surface area contributed by atoms with Gasteiger partial charge in [0.25, 0.3) is 0 Å². The molecule has 0 spiro atoms. The standard InChI is InChI=1S/C9H18S/c1-6(2)5-8-9(10-8)7(3)4/h6-9H,5H2,1-4H3/t8-,9-/m1/s1. The molecule has 0 aromatic heterocycles. The van der Waals surface area contributed by atoms with Crippen LogP contribution in [0, 0.1) is 11.8 Å². The summed E-state index contributed by atoms with van der Waals surface area (Å²) < 4.78 is 0. The van der Waals surface area contributed by atoms with Gasteiger partial charge in [0.15, 0.2) is 0 Å². The van der Waals surface area contributed by atoms with E-state index in [1.165, 1.54) is 6.42 Å². The first-order valence-corrected chi connectivity index (χ1v) is 5.21. The third-order valence-corrected chi connectivity index (χ3v) is 3.69. The van der Waals surface area contributed by atoms with E-state index < -0.39 is 0 Å². The smallest absolute Gasteiger partial charge is 0.0192 e. The number of thioether (sulfide) groups is 1. The van der Waals surface area contributed by atoms with E-state index in [1.54, 1.807) is 0 Å². The summed E-state index contributed by atoms with van der Waals surface area (Å²) in [5, 5.41) is 1.99. The van der Waals surface area contributed by atoms with E-state index in [9.17, 15) is 0 Å². The summed E-state index contributed by atoms with van der Waals surface area (Å²) >= 11 is 2.17. The average molecular weight is 158 g/mol. The first kappa shape index (κ1) is 8.45. The Morgan fingerprint density at radius 1 is 1.20 bits per heavy atom. The summed E-state index contributed by atoms with van der Waals surface area (Å²) in [5.74, 6) is 1.79. The molecule has 2 atom stereocenters. The van der Waals surface area contributed by atoms with Crippen molar-refractivity contribution < 1.29 is 0 Å². The van der Waals surface area contributed by atoms with Gasteiger partial charge >= 0.3 is 0 Å². The van der Waals surface area contributed by atoms with Gasteiger partial charge in [0.1, 0.15) is 0 Å². The number of hydrogen-bond donors (Lipinski definition) is 0. The summed E-state index contributed by atoms with van der Waals surface area (Å²) in [6, 6.07) is 0. The van der Waals surface area contributed by atoms with Crippen LogP contribution in [0.2, 0.25) is 0 Å². The van der Waals surface area contributed by atoms with Crippen LogP contribution >= 0.6 is 11.8 Å². The highest BCUT2D eigenvalue weighted by atomic mass is 32.2. The van der Waals surface area contributed by atoms with Crippen molar-refractivity contribution in [2.24, 2.45) is 11.8 Å². The van der Waals surface area contributed by atoms with Crippen molar-refractivity contribution in [1.29, 1.82) is 0 Å². The third-order valence-electron chi connectivity index (χ3n) is 1.98. The predicted molar refractivity (Wildman–Crippen MR) is 49.5 cm³/mol. The van der Waals surface area contributed by atoms with Crippen LogP contribution in [0.5, 0.6) is 0 Å². The van der Waals surface area contributed by atoms with E-state index in [0.29, 0.717) is 0 Å². The Morgan fingerprint density at radius 2 is 1.80 bits per heavy atom. The molecule has 0 nitrogen and oxygen atoms in total. The van der Waals surface area contributed by atoms with E-state index in [1.807, 2.05) is 0 Å². The molecule has 0 saturated carbocycles. The third kappa shape index (κ3) is 2.19. The lowest BCUT2D eigenvalue weighted by atomic mass is 10.0. The second kappa shape index (κ2) is 3.17. The van der Waals surface area contributed by atoms with Gasteiger partial charge in [-0.3, -0.25) is 0 Å². The molecule has 1 heteroatoms. The molecule has 1 aliphatic heterocycles. The molecule has 0 aromatic rings. The van der Waals surface area contributed by atoms with E-state index in [0.717, 1.165) is 22.3 Å². The van der Waals surface area contributed by atoms with E-state index in [-0.39, 0.29) is 0 Å². The van der Waals surface area contributed by atoms with E-state index in [4.69, 9.17) is 0 Å². The van der Waals surface area contributed by atoms with Crippen molar-refractivity contribution in [3.63, 3.8) is 0 Å². The molecule has 0 aliphatic carbocycles. The largest absolute Gasteiger partial charge is 0.153 e. The molecule has 1 rings (SSSR count). The molecule has 1 saturated heterocycles. The van der Waals surface area contributed by atoms with Crippen LogP contribution < -0.4 is 0 Å². The van der Waals surface area contributed by atoms with Crippen LogP contribution in [0.1, 0.15) is 34.1 Å². The SMILES string of the molecule is CC(C)C[C@H]1S[C@@H]1C(C)C. The Kier molecular flexibility index (Phi) is 2.67. The summed E-state index contributed by atoms with van der Waals surface area (Å²) in [7, 11) is 0. The lowest BCUT2D eigenvalue weighted by Gasteiger charge is -2.02. The molecule has 1 fully saturated rings. The van der Waals surface area contributed by atoms with Gasteiger partial charge < -0.3 is 0 Å². The van der Waals surface area contributed by atoms with Gasteiger partial charge in [0.05, 0.1) is 0 Å². The molecule has 0 aromatic carbocycles. The van der Waals surface area contributed by atoms with Crippen LogP contribution in [0.3, 0.4) is 0 Å². The minimum absolute atomic E-state index is 0.890. The summed E-state index contributed by atoms with van der Waals surface area (Å²) in [6.45, 7) is 9.29. The van der Waals surface area contributed by atoms with Gasteiger partial charge in [-0.1, -0.05) is 27.7 Å². The Labute approximate surface area is 68.8 Å². The molecule has 0 bridgehead atoms. The summed E-state index contributed by atoms with van der Waals surface area (Å²) in [4.78, 5) is 0. The molecule has 10 heavy (non-hydrogen) atoms. The molecule has 1 heterocycles. The first-order valence-electron chi connectivity index (χ1n) is 4.26. The second-order valence-electron chi connectivity index (χ2n) is 4.01. The Bertz CT molecular complexity index is 107. The zero-order valence-corrected chi connectivity index (χ0v) is 8.24. The highest BCUT2D eigenvalue weighted by Crippen LogP contribution is 2.49. The predicted octanol–water partition coefficient (Wildman–Crippen LogP) is 3.17. The van der Waals surface area contributed by atoms with Crippen LogP contribution in [0.4, 0.5) is 0 Å². The van der Waals surface area contributed by atoms with Gasteiger partial charge in [-0.2, -0.15) is 11.8 Å². The molecular weight excluding hydrogens is 140 g/mol. The second-order valence-corrected chi connectivity index (χ2v) is 5.43. The van der Waals surface area contributed by atoms with Crippen LogP contribution in [0.15, 0.2) is 0 Å². The minimum Gasteiger partial charge on any atom is -0.153 e. The number of hydrogen-bond acceptors (Lipinski definition) is 1. The normalized spacial score (nSPS) is 31.8. The monoisotopic (exact) mass is 158 g/mol. The van der Waals surface area contributed by atoms with Gasteiger partial charge in [-0.15, -0.1) is 0 Å². The fraction of sp³-hybridized carbons (Fsp3) is 1.00. The Hall–Kier alpha value is 0.350. The fourth-order valence-electron chi connectivity index (χ4n) is 1.40. The van der Waals surface area contributed by atoms with Crippen molar-refractivity contribution in [2.75, 3.05) is 0 Å². The molecular formula is C9H18S. The van der Waals surface area contributed by atoms with Crippen LogP contribution in [0.25, 0.3) is 0 Å². The molecule has 1 aliphatic rings. The van der Waals surface area contributed by atoms with Crippen molar-refractivity contribution in [1.82, 2.24) is 0 Å². The van der Waals surface area contributed by atoms with Crippen LogP contribution in [-0.2, 0) is 0 Å².